The van der Waals surface area contributed by atoms with Crippen LogP contribution < -0.4 is 0 Å². The molecule has 0 aliphatic carbocycles. The Morgan fingerprint density at radius 1 is 1.33 bits per heavy atom. The van der Waals surface area contributed by atoms with E-state index in [-0.39, 0.29) is 0 Å². The Balaban J connectivity index is 3.52. The molecule has 0 spiro atoms. The summed E-state index contributed by atoms with van der Waals surface area (Å²) in [5.74, 6) is 0.646. The fourth-order valence-electron chi connectivity index (χ4n) is 1.61. The molecule has 1 unspecified atom stereocenters. The molecule has 1 atom stereocenters. The van der Waals surface area contributed by atoms with Gasteiger partial charge in [0.05, 0.1) is 0 Å². The van der Waals surface area contributed by atoms with Crippen LogP contribution in [0.4, 0.5) is 0 Å². The van der Waals surface area contributed by atoms with Crippen molar-refractivity contribution in [2.75, 3.05) is 6.61 Å². The van der Waals surface area contributed by atoms with Crippen molar-refractivity contribution in [3.8, 4) is 0 Å². The zero-order valence-electron chi connectivity index (χ0n) is 10.3. The molecule has 0 aromatic rings. The molecule has 0 saturated heterocycles. The molecule has 0 aromatic carbocycles. The second-order valence-corrected chi connectivity index (χ2v) is 4.43. The zero-order valence-corrected chi connectivity index (χ0v) is 10.3. The van der Waals surface area contributed by atoms with E-state index in [0.717, 1.165) is 19.3 Å². The quantitative estimate of drug-likeness (QED) is 0.449. The average molecular weight is 210 g/mol. The molecule has 1 N–H and O–H groups in total. The molecule has 15 heavy (non-hydrogen) atoms. The number of aliphatic hydroxyl groups is 1. The van der Waals surface area contributed by atoms with Crippen LogP contribution >= 0.6 is 0 Å². The molecule has 88 valence electrons. The largest absolute Gasteiger partial charge is 0.396 e. The van der Waals surface area contributed by atoms with E-state index in [4.69, 9.17) is 5.11 Å². The number of rotatable bonds is 9. The van der Waals surface area contributed by atoms with Gasteiger partial charge in [-0.25, -0.2) is 0 Å². The Kier molecular flexibility index (Phi) is 9.60. The van der Waals surface area contributed by atoms with E-state index in [9.17, 15) is 0 Å². The summed E-state index contributed by atoms with van der Waals surface area (Å²) in [6, 6.07) is 0. The summed E-state index contributed by atoms with van der Waals surface area (Å²) in [4.78, 5) is 0. The first-order valence-corrected chi connectivity index (χ1v) is 6.08. The Morgan fingerprint density at radius 3 is 2.67 bits per heavy atom. The summed E-state index contributed by atoms with van der Waals surface area (Å²) >= 11 is 0. The first-order chi connectivity index (χ1) is 7.20. The summed E-state index contributed by atoms with van der Waals surface area (Å²) < 4.78 is 0. The molecule has 0 amide bonds. The molecule has 0 aromatic heterocycles. The third-order valence-electron chi connectivity index (χ3n) is 2.75. The van der Waals surface area contributed by atoms with Crippen molar-refractivity contribution in [2.24, 2.45) is 5.92 Å². The van der Waals surface area contributed by atoms with Crippen molar-refractivity contribution >= 4 is 0 Å². The summed E-state index contributed by atoms with van der Waals surface area (Å²) in [6.07, 6.45) is 11.1. The first kappa shape index (κ1) is 14.4. The highest BCUT2D eigenvalue weighted by Crippen LogP contribution is 2.13. The number of hydrogen-bond acceptors (Lipinski definition) is 1. The molecule has 0 aliphatic heterocycles. The highest BCUT2D eigenvalue weighted by atomic mass is 16.3. The Bertz CT molecular complexity index is 182. The van der Waals surface area contributed by atoms with Gasteiger partial charge in [-0.05, 0) is 51.4 Å². The number of unbranched alkanes of at least 4 members (excludes halogenated alkanes) is 1. The molecule has 0 rings (SSSR count). The standard InChI is InChI=1S/C14H26O/c1-4-5-6-8-13(2)9-7-10-14(3)11-12-15/h4,9,14-15H,1,5-8,10-12H2,2-3H3. The van der Waals surface area contributed by atoms with Gasteiger partial charge in [-0.3, -0.25) is 0 Å². The highest BCUT2D eigenvalue weighted by molar-refractivity contribution is 4.98. The fourth-order valence-corrected chi connectivity index (χ4v) is 1.61. The molecule has 0 radical (unpaired) electrons. The van der Waals surface area contributed by atoms with Crippen molar-refractivity contribution in [3.05, 3.63) is 24.3 Å². The van der Waals surface area contributed by atoms with Crippen LogP contribution in [0.25, 0.3) is 0 Å². The average Bonchev–Trinajstić information content (AvgIpc) is 2.18. The van der Waals surface area contributed by atoms with Crippen LogP contribution in [0.3, 0.4) is 0 Å². The monoisotopic (exact) mass is 210 g/mol. The Morgan fingerprint density at radius 2 is 2.07 bits per heavy atom. The lowest BCUT2D eigenvalue weighted by Gasteiger charge is -2.07. The fraction of sp³-hybridized carbons (Fsp3) is 0.714. The molecule has 0 aliphatic rings. The van der Waals surface area contributed by atoms with Gasteiger partial charge in [0.1, 0.15) is 0 Å². The SMILES string of the molecule is C=CCCCC(C)=CCCC(C)CCO. The van der Waals surface area contributed by atoms with Gasteiger partial charge in [0, 0.05) is 6.61 Å². The second-order valence-electron chi connectivity index (χ2n) is 4.43. The maximum Gasteiger partial charge on any atom is 0.0433 e. The minimum Gasteiger partial charge on any atom is -0.396 e. The molecule has 0 heterocycles. The van der Waals surface area contributed by atoms with Crippen LogP contribution in [0, 0.1) is 5.92 Å². The summed E-state index contributed by atoms with van der Waals surface area (Å²) in [5.41, 5.74) is 1.49. The van der Waals surface area contributed by atoms with Crippen LogP contribution in [-0.4, -0.2) is 11.7 Å². The molecular formula is C14H26O. The third kappa shape index (κ3) is 9.74. The lowest BCUT2D eigenvalue weighted by molar-refractivity contribution is 0.259. The van der Waals surface area contributed by atoms with Gasteiger partial charge >= 0.3 is 0 Å². The summed E-state index contributed by atoms with van der Waals surface area (Å²) in [5, 5.41) is 8.76. The maximum absolute atomic E-state index is 8.76. The van der Waals surface area contributed by atoms with E-state index >= 15 is 0 Å². The predicted molar refractivity (Wildman–Crippen MR) is 67.9 cm³/mol. The lowest BCUT2D eigenvalue weighted by atomic mass is 10.0. The van der Waals surface area contributed by atoms with E-state index in [2.05, 4.69) is 26.5 Å². The van der Waals surface area contributed by atoms with Gasteiger partial charge in [-0.15, -0.1) is 6.58 Å². The van der Waals surface area contributed by atoms with E-state index < -0.39 is 0 Å². The van der Waals surface area contributed by atoms with Gasteiger partial charge in [0.15, 0.2) is 0 Å². The normalized spacial score (nSPS) is 13.9. The van der Waals surface area contributed by atoms with E-state index in [0.29, 0.717) is 12.5 Å². The van der Waals surface area contributed by atoms with Crippen LogP contribution in [0.1, 0.15) is 52.4 Å². The summed E-state index contributed by atoms with van der Waals surface area (Å²) in [7, 11) is 0. The molecule has 0 saturated carbocycles. The number of hydrogen-bond donors (Lipinski definition) is 1. The summed E-state index contributed by atoms with van der Waals surface area (Å²) in [6.45, 7) is 8.46. The molecule has 1 heteroatoms. The number of allylic oxidation sites excluding steroid dienone is 3. The van der Waals surface area contributed by atoms with Crippen LogP contribution in [0.15, 0.2) is 24.3 Å². The minimum absolute atomic E-state index is 0.323. The van der Waals surface area contributed by atoms with Crippen molar-refractivity contribution in [3.63, 3.8) is 0 Å². The van der Waals surface area contributed by atoms with Crippen molar-refractivity contribution in [2.45, 2.75) is 52.4 Å². The Labute approximate surface area is 94.9 Å². The highest BCUT2D eigenvalue weighted by Gasteiger charge is 1.99. The topological polar surface area (TPSA) is 20.2 Å². The Hall–Kier alpha value is -0.560. The van der Waals surface area contributed by atoms with Gasteiger partial charge in [-0.1, -0.05) is 24.6 Å². The van der Waals surface area contributed by atoms with Crippen molar-refractivity contribution in [1.29, 1.82) is 0 Å². The van der Waals surface area contributed by atoms with Crippen LogP contribution in [-0.2, 0) is 0 Å². The van der Waals surface area contributed by atoms with Crippen molar-refractivity contribution in [1.82, 2.24) is 0 Å². The molecular weight excluding hydrogens is 184 g/mol. The van der Waals surface area contributed by atoms with Crippen LogP contribution in [0.2, 0.25) is 0 Å². The molecule has 0 bridgehead atoms. The number of aliphatic hydroxyl groups excluding tert-OH is 1. The van der Waals surface area contributed by atoms with Crippen LogP contribution in [0.5, 0.6) is 0 Å². The zero-order chi connectivity index (χ0) is 11.5. The van der Waals surface area contributed by atoms with E-state index in [1.807, 2.05) is 6.08 Å². The van der Waals surface area contributed by atoms with Gasteiger partial charge in [0.2, 0.25) is 0 Å². The predicted octanol–water partition coefficient (Wildman–Crippen LogP) is 4.09. The third-order valence-corrected chi connectivity index (χ3v) is 2.75. The first-order valence-electron chi connectivity index (χ1n) is 6.08. The lowest BCUT2D eigenvalue weighted by Crippen LogP contribution is -1.97. The van der Waals surface area contributed by atoms with Gasteiger partial charge in [0.25, 0.3) is 0 Å². The van der Waals surface area contributed by atoms with E-state index in [1.54, 1.807) is 0 Å². The molecule has 0 fully saturated rings. The maximum atomic E-state index is 8.76. The van der Waals surface area contributed by atoms with E-state index in [1.165, 1.54) is 24.8 Å². The smallest absolute Gasteiger partial charge is 0.0433 e. The van der Waals surface area contributed by atoms with Gasteiger partial charge in [-0.2, -0.15) is 0 Å². The van der Waals surface area contributed by atoms with Crippen molar-refractivity contribution < 1.29 is 5.11 Å². The van der Waals surface area contributed by atoms with Gasteiger partial charge < -0.3 is 5.11 Å². The second kappa shape index (κ2) is 9.97. The minimum atomic E-state index is 0.323. The molecule has 1 nitrogen and oxygen atoms in total.